The van der Waals surface area contributed by atoms with Crippen LogP contribution in [0.5, 0.6) is 0 Å². The average molecular weight is 310 g/mol. The number of carbonyl (C=O) groups is 1. The molecule has 1 amide bonds. The van der Waals surface area contributed by atoms with E-state index in [1.165, 1.54) is 11.1 Å². The number of aromatic amines is 1. The van der Waals surface area contributed by atoms with E-state index < -0.39 is 0 Å². The van der Waals surface area contributed by atoms with Crippen LogP contribution < -0.4 is 0 Å². The Morgan fingerprint density at radius 1 is 1.30 bits per heavy atom. The van der Waals surface area contributed by atoms with Crippen LogP contribution >= 0.6 is 0 Å². The number of benzene rings is 1. The lowest BCUT2D eigenvalue weighted by atomic mass is 10.0. The van der Waals surface area contributed by atoms with E-state index in [0.717, 1.165) is 43.9 Å². The standard InChI is InChI=1S/C18H22N4O/c1-12-19-18(21-20-12)16-7-4-8-22(16)17(23)11-13-9-14-5-2-3-6-15(14)10-13/h2-3,5-6,13,16H,4,7-11H2,1H3,(H,19,20,21). The SMILES string of the molecule is Cc1nc(C2CCCN2C(=O)CC2Cc3ccccc3C2)n[nH]1. The van der Waals surface area contributed by atoms with E-state index in [1.807, 2.05) is 11.8 Å². The van der Waals surface area contributed by atoms with Gasteiger partial charge in [-0.05, 0) is 49.7 Å². The van der Waals surface area contributed by atoms with Crippen LogP contribution in [0.2, 0.25) is 0 Å². The summed E-state index contributed by atoms with van der Waals surface area (Å²) in [5, 5.41) is 7.16. The Kier molecular flexibility index (Phi) is 3.63. The van der Waals surface area contributed by atoms with Gasteiger partial charge in [0.05, 0.1) is 6.04 Å². The normalized spacial score (nSPS) is 20.9. The van der Waals surface area contributed by atoms with Crippen molar-refractivity contribution < 1.29 is 4.79 Å². The number of rotatable bonds is 3. The van der Waals surface area contributed by atoms with Gasteiger partial charge in [-0.2, -0.15) is 5.10 Å². The molecule has 1 fully saturated rings. The monoisotopic (exact) mass is 310 g/mol. The van der Waals surface area contributed by atoms with Crippen LogP contribution in [0.25, 0.3) is 0 Å². The molecule has 4 rings (SSSR count). The molecule has 5 heteroatoms. The minimum absolute atomic E-state index is 0.0521. The average Bonchev–Trinajstić information content (AvgIpc) is 3.24. The molecule has 5 nitrogen and oxygen atoms in total. The fraction of sp³-hybridized carbons (Fsp3) is 0.500. The van der Waals surface area contributed by atoms with Gasteiger partial charge in [0, 0.05) is 13.0 Å². The van der Waals surface area contributed by atoms with Gasteiger partial charge in [-0.15, -0.1) is 0 Å². The van der Waals surface area contributed by atoms with Gasteiger partial charge in [-0.25, -0.2) is 4.98 Å². The van der Waals surface area contributed by atoms with Crippen LogP contribution in [-0.2, 0) is 17.6 Å². The van der Waals surface area contributed by atoms with Gasteiger partial charge < -0.3 is 4.90 Å². The second-order valence-electron chi connectivity index (χ2n) is 6.77. The van der Waals surface area contributed by atoms with Crippen LogP contribution in [0.15, 0.2) is 24.3 Å². The lowest BCUT2D eigenvalue weighted by molar-refractivity contribution is -0.133. The Hall–Kier alpha value is -2.17. The van der Waals surface area contributed by atoms with Crippen molar-refractivity contribution in [3.8, 4) is 0 Å². The minimum atomic E-state index is 0.0521. The smallest absolute Gasteiger partial charge is 0.223 e. The number of hydrogen-bond acceptors (Lipinski definition) is 3. The lowest BCUT2D eigenvalue weighted by Gasteiger charge is -2.24. The summed E-state index contributed by atoms with van der Waals surface area (Å²) in [5.41, 5.74) is 2.82. The van der Waals surface area contributed by atoms with Crippen LogP contribution in [0, 0.1) is 12.8 Å². The lowest BCUT2D eigenvalue weighted by Crippen LogP contribution is -2.32. The van der Waals surface area contributed by atoms with Crippen molar-refractivity contribution in [1.29, 1.82) is 0 Å². The number of nitrogens with one attached hydrogen (secondary N) is 1. The summed E-state index contributed by atoms with van der Waals surface area (Å²) in [6, 6.07) is 8.61. The number of nitrogens with zero attached hydrogens (tertiary/aromatic N) is 3. The zero-order valence-electron chi connectivity index (χ0n) is 13.5. The molecule has 1 aromatic carbocycles. The van der Waals surface area contributed by atoms with Crippen LogP contribution in [-0.4, -0.2) is 32.5 Å². The predicted octanol–water partition coefficient (Wildman–Crippen LogP) is 2.58. The molecule has 1 saturated heterocycles. The third-order valence-electron chi connectivity index (χ3n) is 5.08. The molecular formula is C18H22N4O. The van der Waals surface area contributed by atoms with Gasteiger partial charge >= 0.3 is 0 Å². The van der Waals surface area contributed by atoms with Crippen molar-refractivity contribution in [3.63, 3.8) is 0 Å². The molecule has 1 unspecified atom stereocenters. The van der Waals surface area contributed by atoms with E-state index in [4.69, 9.17) is 0 Å². The summed E-state index contributed by atoms with van der Waals surface area (Å²) in [6.45, 7) is 2.73. The number of fused-ring (bicyclic) bond motifs is 1. The first-order valence-corrected chi connectivity index (χ1v) is 8.46. The van der Waals surface area contributed by atoms with Gasteiger partial charge in [-0.3, -0.25) is 9.89 Å². The van der Waals surface area contributed by atoms with E-state index >= 15 is 0 Å². The van der Waals surface area contributed by atoms with Crippen molar-refractivity contribution in [2.75, 3.05) is 6.54 Å². The second-order valence-corrected chi connectivity index (χ2v) is 6.77. The Bertz CT molecular complexity index is 698. The topological polar surface area (TPSA) is 61.9 Å². The summed E-state index contributed by atoms with van der Waals surface area (Å²) >= 11 is 0. The number of H-pyrrole nitrogens is 1. The first-order chi connectivity index (χ1) is 11.2. The van der Waals surface area contributed by atoms with Crippen LogP contribution in [0.3, 0.4) is 0 Å². The highest BCUT2D eigenvalue weighted by atomic mass is 16.2. The highest BCUT2D eigenvalue weighted by Gasteiger charge is 2.34. The van der Waals surface area contributed by atoms with Crippen molar-refractivity contribution >= 4 is 5.91 Å². The van der Waals surface area contributed by atoms with E-state index in [1.54, 1.807) is 0 Å². The number of amides is 1. The van der Waals surface area contributed by atoms with Crippen molar-refractivity contribution in [2.24, 2.45) is 5.92 Å². The van der Waals surface area contributed by atoms with E-state index in [2.05, 4.69) is 39.4 Å². The van der Waals surface area contributed by atoms with Crippen molar-refractivity contribution in [2.45, 2.75) is 45.1 Å². The summed E-state index contributed by atoms with van der Waals surface area (Å²) in [5.74, 6) is 2.27. The maximum Gasteiger partial charge on any atom is 0.223 e. The first kappa shape index (κ1) is 14.4. The van der Waals surface area contributed by atoms with Gasteiger partial charge in [0.15, 0.2) is 5.82 Å². The second kappa shape index (κ2) is 5.80. The predicted molar refractivity (Wildman–Crippen MR) is 86.8 cm³/mol. The molecule has 1 aliphatic heterocycles. The van der Waals surface area contributed by atoms with Gasteiger partial charge in [0.2, 0.25) is 5.91 Å². The summed E-state index contributed by atoms with van der Waals surface area (Å²) < 4.78 is 0. The van der Waals surface area contributed by atoms with E-state index in [-0.39, 0.29) is 11.9 Å². The molecule has 0 saturated carbocycles. The van der Waals surface area contributed by atoms with Crippen molar-refractivity contribution in [3.05, 3.63) is 47.0 Å². The molecule has 2 aromatic rings. The molecular weight excluding hydrogens is 288 g/mol. The molecule has 0 bridgehead atoms. The fourth-order valence-electron chi connectivity index (χ4n) is 4.00. The first-order valence-electron chi connectivity index (χ1n) is 8.46. The number of aromatic nitrogens is 3. The minimum Gasteiger partial charge on any atom is -0.332 e. The van der Waals surface area contributed by atoms with Crippen molar-refractivity contribution in [1.82, 2.24) is 20.1 Å². The highest BCUT2D eigenvalue weighted by Crippen LogP contribution is 2.33. The Morgan fingerprint density at radius 3 is 2.70 bits per heavy atom. The molecule has 2 heterocycles. The third kappa shape index (κ3) is 2.76. The van der Waals surface area contributed by atoms with E-state index in [9.17, 15) is 4.79 Å². The third-order valence-corrected chi connectivity index (χ3v) is 5.08. The molecule has 0 spiro atoms. The summed E-state index contributed by atoms with van der Waals surface area (Å²) in [6.07, 6.45) is 4.69. The molecule has 120 valence electrons. The maximum absolute atomic E-state index is 12.8. The largest absolute Gasteiger partial charge is 0.332 e. The van der Waals surface area contributed by atoms with Gasteiger partial charge in [-0.1, -0.05) is 24.3 Å². The number of likely N-dealkylation sites (tertiary alicyclic amines) is 1. The zero-order valence-corrected chi connectivity index (χ0v) is 13.5. The van der Waals surface area contributed by atoms with Gasteiger partial charge in [0.1, 0.15) is 5.82 Å². The Labute approximate surface area is 136 Å². The molecule has 2 aliphatic rings. The molecule has 23 heavy (non-hydrogen) atoms. The number of aryl methyl sites for hydroxylation is 1. The molecule has 1 aromatic heterocycles. The van der Waals surface area contributed by atoms with E-state index in [0.29, 0.717) is 12.3 Å². The highest BCUT2D eigenvalue weighted by molar-refractivity contribution is 5.77. The fourth-order valence-corrected chi connectivity index (χ4v) is 4.00. The Morgan fingerprint density at radius 2 is 2.04 bits per heavy atom. The maximum atomic E-state index is 12.8. The quantitative estimate of drug-likeness (QED) is 0.948. The molecule has 1 N–H and O–H groups in total. The Balaban J connectivity index is 1.43. The van der Waals surface area contributed by atoms with Crippen LogP contribution in [0.4, 0.5) is 0 Å². The molecule has 0 radical (unpaired) electrons. The van der Waals surface area contributed by atoms with Crippen LogP contribution in [0.1, 0.15) is 48.1 Å². The summed E-state index contributed by atoms with van der Waals surface area (Å²) in [4.78, 5) is 19.2. The number of hydrogen-bond donors (Lipinski definition) is 1. The zero-order chi connectivity index (χ0) is 15.8. The number of carbonyl (C=O) groups excluding carboxylic acids is 1. The summed E-state index contributed by atoms with van der Waals surface area (Å²) in [7, 11) is 0. The molecule has 1 atom stereocenters. The molecule has 1 aliphatic carbocycles. The van der Waals surface area contributed by atoms with Gasteiger partial charge in [0.25, 0.3) is 0 Å².